The Bertz CT molecular complexity index is 431. The van der Waals surface area contributed by atoms with Crippen LogP contribution in [-0.2, 0) is 11.3 Å². The molecular formula is C17H26BrNO2. The molecule has 1 aliphatic rings. The highest BCUT2D eigenvalue weighted by Gasteiger charge is 2.15. The summed E-state index contributed by atoms with van der Waals surface area (Å²) in [6.45, 7) is 6.82. The van der Waals surface area contributed by atoms with Gasteiger partial charge in [-0.15, -0.1) is 0 Å². The predicted octanol–water partition coefficient (Wildman–Crippen LogP) is 4.29. The molecule has 0 radical (unpaired) electrons. The second-order valence-electron chi connectivity index (χ2n) is 5.89. The number of benzene rings is 1. The first-order chi connectivity index (χ1) is 10.2. The van der Waals surface area contributed by atoms with Crippen molar-refractivity contribution in [2.75, 3.05) is 13.2 Å². The van der Waals surface area contributed by atoms with E-state index in [2.05, 4.69) is 47.2 Å². The molecule has 2 rings (SSSR count). The Morgan fingerprint density at radius 1 is 1.43 bits per heavy atom. The van der Waals surface area contributed by atoms with E-state index in [1.807, 2.05) is 6.07 Å². The quantitative estimate of drug-likeness (QED) is 0.705. The molecule has 1 aromatic carbocycles. The van der Waals surface area contributed by atoms with Crippen molar-refractivity contribution in [1.82, 2.24) is 5.32 Å². The van der Waals surface area contributed by atoms with Gasteiger partial charge in [-0.1, -0.05) is 26.0 Å². The lowest BCUT2D eigenvalue weighted by Gasteiger charge is -2.16. The van der Waals surface area contributed by atoms with Crippen molar-refractivity contribution in [2.45, 2.75) is 58.2 Å². The fraction of sp³-hybridized carbons (Fsp3) is 0.647. The van der Waals surface area contributed by atoms with Crippen LogP contribution in [0, 0.1) is 0 Å². The van der Waals surface area contributed by atoms with E-state index in [9.17, 15) is 0 Å². The van der Waals surface area contributed by atoms with E-state index in [1.165, 1.54) is 18.4 Å². The Morgan fingerprint density at radius 3 is 3.00 bits per heavy atom. The average molecular weight is 356 g/mol. The Labute approximate surface area is 136 Å². The van der Waals surface area contributed by atoms with Crippen molar-refractivity contribution >= 4 is 15.9 Å². The van der Waals surface area contributed by atoms with Gasteiger partial charge in [0.2, 0.25) is 0 Å². The van der Waals surface area contributed by atoms with Gasteiger partial charge in [0, 0.05) is 24.8 Å². The predicted molar refractivity (Wildman–Crippen MR) is 89.8 cm³/mol. The van der Waals surface area contributed by atoms with Gasteiger partial charge < -0.3 is 14.8 Å². The summed E-state index contributed by atoms with van der Waals surface area (Å²) in [6.07, 6.45) is 5.02. The van der Waals surface area contributed by atoms with Crippen LogP contribution in [0.3, 0.4) is 0 Å². The second kappa shape index (κ2) is 8.76. The first-order valence-corrected chi connectivity index (χ1v) is 8.71. The van der Waals surface area contributed by atoms with E-state index in [0.29, 0.717) is 12.1 Å². The molecule has 1 atom stereocenters. The summed E-state index contributed by atoms with van der Waals surface area (Å²) in [5.74, 6) is 0.970. The maximum Gasteiger partial charge on any atom is 0.137 e. The Balaban J connectivity index is 1.82. The van der Waals surface area contributed by atoms with Crippen LogP contribution < -0.4 is 10.1 Å². The fourth-order valence-corrected chi connectivity index (χ4v) is 3.05. The first kappa shape index (κ1) is 16.8. The topological polar surface area (TPSA) is 30.5 Å². The zero-order chi connectivity index (χ0) is 15.1. The number of ether oxygens (including phenoxy) is 2. The van der Waals surface area contributed by atoms with E-state index in [0.717, 1.165) is 42.8 Å². The summed E-state index contributed by atoms with van der Waals surface area (Å²) in [7, 11) is 0. The Morgan fingerprint density at radius 2 is 2.29 bits per heavy atom. The Kier molecular flexibility index (Phi) is 7.00. The van der Waals surface area contributed by atoms with Crippen molar-refractivity contribution in [3.8, 4) is 5.75 Å². The number of nitrogens with one attached hydrogen (secondary N) is 1. The minimum absolute atomic E-state index is 0.454. The van der Waals surface area contributed by atoms with Crippen LogP contribution in [0.2, 0.25) is 0 Å². The number of rotatable bonds is 8. The molecule has 0 aromatic heterocycles. The fourth-order valence-electron chi connectivity index (χ4n) is 2.53. The maximum atomic E-state index is 6.02. The van der Waals surface area contributed by atoms with Gasteiger partial charge >= 0.3 is 0 Å². The highest BCUT2D eigenvalue weighted by molar-refractivity contribution is 9.10. The highest BCUT2D eigenvalue weighted by atomic mass is 79.9. The Hall–Kier alpha value is -0.580. The van der Waals surface area contributed by atoms with Gasteiger partial charge in [0.25, 0.3) is 0 Å². The van der Waals surface area contributed by atoms with Crippen LogP contribution in [-0.4, -0.2) is 25.4 Å². The molecule has 3 nitrogen and oxygen atoms in total. The van der Waals surface area contributed by atoms with E-state index in [-0.39, 0.29) is 0 Å². The largest absolute Gasteiger partial charge is 0.492 e. The van der Waals surface area contributed by atoms with Gasteiger partial charge in [-0.25, -0.2) is 0 Å². The monoisotopic (exact) mass is 355 g/mol. The lowest BCUT2D eigenvalue weighted by molar-refractivity contribution is 0.0980. The number of hydrogen-bond acceptors (Lipinski definition) is 3. The summed E-state index contributed by atoms with van der Waals surface area (Å²) < 4.78 is 12.7. The highest BCUT2D eigenvalue weighted by Crippen LogP contribution is 2.29. The van der Waals surface area contributed by atoms with Crippen LogP contribution in [0.5, 0.6) is 5.75 Å². The lowest BCUT2D eigenvalue weighted by Crippen LogP contribution is -2.22. The molecule has 1 N–H and O–H groups in total. The number of halogens is 1. The summed E-state index contributed by atoms with van der Waals surface area (Å²) in [5, 5.41) is 3.44. The molecule has 4 heteroatoms. The summed E-state index contributed by atoms with van der Waals surface area (Å²) in [4.78, 5) is 0. The van der Waals surface area contributed by atoms with Crippen molar-refractivity contribution in [1.29, 1.82) is 0 Å². The normalized spacial score (nSPS) is 18.4. The number of hydrogen-bond donors (Lipinski definition) is 1. The van der Waals surface area contributed by atoms with Gasteiger partial charge in [0.15, 0.2) is 0 Å². The molecule has 0 spiro atoms. The molecule has 0 saturated carbocycles. The van der Waals surface area contributed by atoms with Crippen molar-refractivity contribution in [3.63, 3.8) is 0 Å². The van der Waals surface area contributed by atoms with Crippen molar-refractivity contribution in [3.05, 3.63) is 28.2 Å². The smallest absolute Gasteiger partial charge is 0.137 e. The zero-order valence-electron chi connectivity index (χ0n) is 13.0. The molecule has 0 aliphatic carbocycles. The average Bonchev–Trinajstić information content (AvgIpc) is 2.96. The van der Waals surface area contributed by atoms with E-state index >= 15 is 0 Å². The molecular weight excluding hydrogens is 330 g/mol. The molecule has 1 aromatic rings. The lowest BCUT2D eigenvalue weighted by atomic mass is 10.1. The third-order valence-corrected chi connectivity index (χ3v) is 4.31. The standard InChI is InChI=1S/C17H26BrNO2/c1-13(2)19-12-14-6-3-9-16(18)17(14)21-11-5-8-15-7-4-10-20-15/h3,6,9,13,15,19H,4-5,7-8,10-12H2,1-2H3. The molecule has 1 unspecified atom stereocenters. The zero-order valence-corrected chi connectivity index (χ0v) is 14.6. The first-order valence-electron chi connectivity index (χ1n) is 7.92. The van der Waals surface area contributed by atoms with Gasteiger partial charge in [-0.3, -0.25) is 0 Å². The van der Waals surface area contributed by atoms with Crippen LogP contribution >= 0.6 is 15.9 Å². The van der Waals surface area contributed by atoms with Crippen LogP contribution in [0.1, 0.15) is 45.1 Å². The molecule has 118 valence electrons. The van der Waals surface area contributed by atoms with E-state index < -0.39 is 0 Å². The van der Waals surface area contributed by atoms with Gasteiger partial charge in [0.05, 0.1) is 17.2 Å². The van der Waals surface area contributed by atoms with E-state index in [1.54, 1.807) is 0 Å². The van der Waals surface area contributed by atoms with Crippen molar-refractivity contribution < 1.29 is 9.47 Å². The summed E-state index contributed by atoms with van der Waals surface area (Å²) in [5.41, 5.74) is 1.20. The summed E-state index contributed by atoms with van der Waals surface area (Å²) in [6, 6.07) is 6.68. The third kappa shape index (κ3) is 5.61. The molecule has 1 saturated heterocycles. The van der Waals surface area contributed by atoms with Crippen molar-refractivity contribution in [2.24, 2.45) is 0 Å². The van der Waals surface area contributed by atoms with Gasteiger partial charge in [-0.2, -0.15) is 0 Å². The molecule has 21 heavy (non-hydrogen) atoms. The van der Waals surface area contributed by atoms with Crippen LogP contribution in [0.25, 0.3) is 0 Å². The molecule has 0 bridgehead atoms. The van der Waals surface area contributed by atoms with Gasteiger partial charge in [0.1, 0.15) is 5.75 Å². The molecule has 1 heterocycles. The SMILES string of the molecule is CC(C)NCc1cccc(Br)c1OCCCC1CCCO1. The second-order valence-corrected chi connectivity index (χ2v) is 6.74. The van der Waals surface area contributed by atoms with Gasteiger partial charge in [-0.05, 0) is 47.7 Å². The molecule has 1 fully saturated rings. The maximum absolute atomic E-state index is 6.02. The molecule has 0 amide bonds. The van der Waals surface area contributed by atoms with Crippen LogP contribution in [0.4, 0.5) is 0 Å². The van der Waals surface area contributed by atoms with Crippen LogP contribution in [0.15, 0.2) is 22.7 Å². The number of para-hydroxylation sites is 1. The minimum atomic E-state index is 0.454. The third-order valence-electron chi connectivity index (χ3n) is 3.69. The van der Waals surface area contributed by atoms with E-state index in [4.69, 9.17) is 9.47 Å². The molecule has 1 aliphatic heterocycles. The summed E-state index contributed by atoms with van der Waals surface area (Å²) >= 11 is 3.60. The minimum Gasteiger partial charge on any atom is -0.492 e.